The Morgan fingerprint density at radius 2 is 2.39 bits per heavy atom. The molecule has 0 atom stereocenters. The number of carbonyl (C=O) groups is 1. The molecule has 2 heterocycles. The van der Waals surface area contributed by atoms with Crippen LogP contribution in [0.3, 0.4) is 0 Å². The number of carbonyl (C=O) groups excluding carboxylic acids is 1. The molecule has 0 aromatic carbocycles. The van der Waals surface area contributed by atoms with E-state index in [1.807, 2.05) is 6.92 Å². The van der Waals surface area contributed by atoms with Crippen molar-refractivity contribution in [3.8, 4) is 0 Å². The summed E-state index contributed by atoms with van der Waals surface area (Å²) >= 11 is 10.1. The Hall–Kier alpha value is -1.05. The fourth-order valence-corrected chi connectivity index (χ4v) is 2.39. The molecule has 2 aromatic rings. The highest BCUT2D eigenvalue weighted by Crippen LogP contribution is 2.23. The van der Waals surface area contributed by atoms with Crippen LogP contribution in [0.2, 0.25) is 5.15 Å². The number of nitrogens with one attached hydrogen (secondary N) is 1. The van der Waals surface area contributed by atoms with Crippen molar-refractivity contribution in [3.05, 3.63) is 32.5 Å². The number of aromatic nitrogens is 3. The Morgan fingerprint density at radius 1 is 1.61 bits per heavy atom. The summed E-state index contributed by atoms with van der Waals surface area (Å²) in [6, 6.07) is 1.69. The van der Waals surface area contributed by atoms with Crippen molar-refractivity contribution in [2.24, 2.45) is 0 Å². The van der Waals surface area contributed by atoms with Crippen LogP contribution in [0.25, 0.3) is 0 Å². The van der Waals surface area contributed by atoms with Gasteiger partial charge in [-0.05, 0) is 39.9 Å². The molecule has 0 aliphatic heterocycles. The number of nitrogens with zero attached hydrogens (tertiary/aromatic N) is 3. The Balaban J connectivity index is 2.19. The average Bonchev–Trinajstić information content (AvgIpc) is 2.82. The Morgan fingerprint density at radius 3 is 3.06 bits per heavy atom. The number of rotatable bonds is 3. The molecule has 0 spiro atoms. The van der Waals surface area contributed by atoms with Crippen molar-refractivity contribution in [1.29, 1.82) is 0 Å². The normalized spacial score (nSPS) is 10.4. The molecule has 18 heavy (non-hydrogen) atoms. The highest BCUT2D eigenvalue weighted by atomic mass is 79.9. The Labute approximate surface area is 121 Å². The van der Waals surface area contributed by atoms with Gasteiger partial charge >= 0.3 is 0 Å². The Bertz CT molecular complexity index is 589. The fourth-order valence-electron chi connectivity index (χ4n) is 1.29. The van der Waals surface area contributed by atoms with Crippen LogP contribution < -0.4 is 5.32 Å². The van der Waals surface area contributed by atoms with E-state index in [0.29, 0.717) is 32.3 Å². The van der Waals surface area contributed by atoms with Crippen LogP contribution in [-0.2, 0) is 6.42 Å². The van der Waals surface area contributed by atoms with Crippen molar-refractivity contribution in [2.75, 3.05) is 5.32 Å². The standard InChI is InChI=1S/C10H8BrClN4OS/c1-2-7-8(18-16-15-7)10(17)14-5-3-6(11)9(12)13-4-5/h3-4H,2H2,1H3,(H,14,17). The molecule has 0 unspecified atom stereocenters. The van der Waals surface area contributed by atoms with Gasteiger partial charge in [-0.2, -0.15) is 0 Å². The maximum atomic E-state index is 12.0. The van der Waals surface area contributed by atoms with Crippen LogP contribution in [0.15, 0.2) is 16.7 Å². The number of anilines is 1. The van der Waals surface area contributed by atoms with Gasteiger partial charge in [0.25, 0.3) is 5.91 Å². The molecule has 2 rings (SSSR count). The monoisotopic (exact) mass is 346 g/mol. The molecule has 0 bridgehead atoms. The van der Waals surface area contributed by atoms with Gasteiger partial charge in [0.05, 0.1) is 22.1 Å². The van der Waals surface area contributed by atoms with E-state index in [4.69, 9.17) is 11.6 Å². The van der Waals surface area contributed by atoms with Crippen LogP contribution in [0, 0.1) is 0 Å². The summed E-state index contributed by atoms with van der Waals surface area (Å²) in [6.45, 7) is 1.92. The predicted molar refractivity (Wildman–Crippen MR) is 74.2 cm³/mol. The van der Waals surface area contributed by atoms with Crippen LogP contribution in [0.4, 0.5) is 5.69 Å². The van der Waals surface area contributed by atoms with Gasteiger partial charge in [-0.1, -0.05) is 23.0 Å². The van der Waals surface area contributed by atoms with Gasteiger partial charge in [0, 0.05) is 0 Å². The summed E-state index contributed by atoms with van der Waals surface area (Å²) in [5.74, 6) is -0.238. The van der Waals surface area contributed by atoms with Gasteiger partial charge in [0.2, 0.25) is 0 Å². The zero-order chi connectivity index (χ0) is 13.1. The van der Waals surface area contributed by atoms with Crippen LogP contribution in [0.1, 0.15) is 22.3 Å². The second-order valence-electron chi connectivity index (χ2n) is 3.35. The lowest BCUT2D eigenvalue weighted by Crippen LogP contribution is -2.12. The van der Waals surface area contributed by atoms with E-state index >= 15 is 0 Å². The van der Waals surface area contributed by atoms with Crippen molar-refractivity contribution in [3.63, 3.8) is 0 Å². The third kappa shape index (κ3) is 2.85. The van der Waals surface area contributed by atoms with Gasteiger partial charge in [-0.15, -0.1) is 5.10 Å². The van der Waals surface area contributed by atoms with E-state index < -0.39 is 0 Å². The zero-order valence-electron chi connectivity index (χ0n) is 9.28. The topological polar surface area (TPSA) is 67.8 Å². The minimum Gasteiger partial charge on any atom is -0.320 e. The predicted octanol–water partition coefficient (Wildman–Crippen LogP) is 3.16. The molecular formula is C10H8BrClN4OS. The number of amides is 1. The molecule has 0 saturated carbocycles. The number of hydrogen-bond donors (Lipinski definition) is 1. The van der Waals surface area contributed by atoms with Gasteiger partial charge in [0.1, 0.15) is 10.0 Å². The fraction of sp³-hybridized carbons (Fsp3) is 0.200. The van der Waals surface area contributed by atoms with Crippen molar-refractivity contribution in [1.82, 2.24) is 14.6 Å². The number of pyridine rings is 1. The SMILES string of the molecule is CCc1nnsc1C(=O)Nc1cnc(Cl)c(Br)c1. The van der Waals surface area contributed by atoms with Crippen molar-refractivity contribution >= 4 is 50.7 Å². The molecule has 0 radical (unpaired) electrons. The van der Waals surface area contributed by atoms with E-state index in [0.717, 1.165) is 11.5 Å². The van der Waals surface area contributed by atoms with E-state index in [1.54, 1.807) is 6.07 Å². The highest BCUT2D eigenvalue weighted by molar-refractivity contribution is 9.10. The molecule has 8 heteroatoms. The summed E-state index contributed by atoms with van der Waals surface area (Å²) in [4.78, 5) is 16.4. The first-order chi connectivity index (χ1) is 8.61. The first kappa shape index (κ1) is 13.4. The first-order valence-corrected chi connectivity index (χ1v) is 7.00. The second-order valence-corrected chi connectivity index (χ2v) is 5.32. The smallest absolute Gasteiger partial charge is 0.269 e. The van der Waals surface area contributed by atoms with Gasteiger partial charge < -0.3 is 5.32 Å². The summed E-state index contributed by atoms with van der Waals surface area (Å²) in [5.41, 5.74) is 1.25. The minimum atomic E-state index is -0.238. The molecule has 0 aliphatic carbocycles. The molecule has 0 saturated heterocycles. The van der Waals surface area contributed by atoms with Gasteiger partial charge in [-0.3, -0.25) is 4.79 Å². The van der Waals surface area contributed by atoms with E-state index in [9.17, 15) is 4.79 Å². The summed E-state index contributed by atoms with van der Waals surface area (Å²) in [6.07, 6.45) is 2.16. The summed E-state index contributed by atoms with van der Waals surface area (Å²) in [7, 11) is 0. The second kappa shape index (κ2) is 5.73. The van der Waals surface area contributed by atoms with E-state index in [-0.39, 0.29) is 5.91 Å². The molecule has 1 amide bonds. The first-order valence-electron chi connectivity index (χ1n) is 5.05. The largest absolute Gasteiger partial charge is 0.320 e. The van der Waals surface area contributed by atoms with Crippen molar-refractivity contribution < 1.29 is 4.79 Å². The number of halogens is 2. The van der Waals surface area contributed by atoms with E-state index in [1.165, 1.54) is 6.20 Å². The zero-order valence-corrected chi connectivity index (χ0v) is 12.4. The van der Waals surface area contributed by atoms with Crippen LogP contribution in [0.5, 0.6) is 0 Å². The highest BCUT2D eigenvalue weighted by Gasteiger charge is 2.15. The maximum absolute atomic E-state index is 12.0. The third-order valence-electron chi connectivity index (χ3n) is 2.15. The van der Waals surface area contributed by atoms with Gasteiger partial charge in [-0.25, -0.2) is 4.98 Å². The van der Waals surface area contributed by atoms with Crippen LogP contribution in [-0.4, -0.2) is 20.5 Å². The molecule has 2 aromatic heterocycles. The Kier molecular flexibility index (Phi) is 4.26. The average molecular weight is 348 g/mol. The van der Waals surface area contributed by atoms with E-state index in [2.05, 4.69) is 35.8 Å². The number of hydrogen-bond acceptors (Lipinski definition) is 5. The molecular weight excluding hydrogens is 340 g/mol. The van der Waals surface area contributed by atoms with Crippen molar-refractivity contribution in [2.45, 2.75) is 13.3 Å². The van der Waals surface area contributed by atoms with Crippen LogP contribution >= 0.6 is 39.1 Å². The summed E-state index contributed by atoms with van der Waals surface area (Å²) in [5, 5.41) is 6.97. The third-order valence-corrected chi connectivity index (χ3v) is 4.05. The molecule has 1 N–H and O–H groups in total. The molecule has 0 aliphatic rings. The summed E-state index contributed by atoms with van der Waals surface area (Å²) < 4.78 is 4.40. The number of aryl methyl sites for hydroxylation is 1. The van der Waals surface area contributed by atoms with Gasteiger partial charge in [0.15, 0.2) is 0 Å². The quantitative estimate of drug-likeness (QED) is 0.866. The minimum absolute atomic E-state index is 0.238. The molecule has 5 nitrogen and oxygen atoms in total. The lowest BCUT2D eigenvalue weighted by atomic mass is 10.3. The lowest BCUT2D eigenvalue weighted by molar-refractivity contribution is 0.102. The lowest BCUT2D eigenvalue weighted by Gasteiger charge is -2.04. The molecule has 94 valence electrons. The maximum Gasteiger partial charge on any atom is 0.269 e. The molecule has 0 fully saturated rings.